The molecule has 24 heavy (non-hydrogen) atoms. The molecule has 2 aromatic rings. The van der Waals surface area contributed by atoms with Crippen LogP contribution in [0.3, 0.4) is 0 Å². The van der Waals surface area contributed by atoms with Gasteiger partial charge in [-0.2, -0.15) is 0 Å². The molecule has 3 rings (SSSR count). The fraction of sp³-hybridized carbons (Fsp3) is 0.200. The van der Waals surface area contributed by atoms with Gasteiger partial charge in [-0.3, -0.25) is 4.79 Å². The van der Waals surface area contributed by atoms with E-state index in [0.717, 1.165) is 0 Å². The molecule has 1 fully saturated rings. The van der Waals surface area contributed by atoms with Crippen LogP contribution >= 0.6 is 0 Å². The Bertz CT molecular complexity index is 725. The second-order valence-corrected chi connectivity index (χ2v) is 5.57. The lowest BCUT2D eigenvalue weighted by molar-refractivity contribution is -0.155. The van der Waals surface area contributed by atoms with Gasteiger partial charge in [0.05, 0.1) is 6.61 Å². The summed E-state index contributed by atoms with van der Waals surface area (Å²) in [5.41, 5.74) is 0.270. The van der Waals surface area contributed by atoms with Crippen LogP contribution in [0.4, 0.5) is 0 Å². The van der Waals surface area contributed by atoms with Gasteiger partial charge in [-0.15, -0.1) is 0 Å². The Morgan fingerprint density at radius 1 is 1.08 bits per heavy atom. The smallest absolute Gasteiger partial charge is 0.335 e. The van der Waals surface area contributed by atoms with Gasteiger partial charge in [-0.1, -0.05) is 67.2 Å². The van der Waals surface area contributed by atoms with Crippen molar-refractivity contribution in [2.45, 2.75) is 12.5 Å². The maximum atomic E-state index is 12.6. The van der Waals surface area contributed by atoms with Gasteiger partial charge in [0, 0.05) is 16.7 Å². The van der Waals surface area contributed by atoms with Crippen molar-refractivity contribution < 1.29 is 19.1 Å². The zero-order valence-corrected chi connectivity index (χ0v) is 13.4. The highest BCUT2D eigenvalue weighted by Gasteiger charge is 2.58. The van der Waals surface area contributed by atoms with E-state index in [2.05, 4.69) is 6.58 Å². The van der Waals surface area contributed by atoms with E-state index >= 15 is 0 Å². The van der Waals surface area contributed by atoms with Crippen molar-refractivity contribution in [1.82, 2.24) is 0 Å². The molecule has 1 aliphatic rings. The largest absolute Gasteiger partial charge is 0.465 e. The lowest BCUT2D eigenvalue weighted by Gasteiger charge is -2.33. The molecule has 0 N–H and O–H groups in total. The van der Waals surface area contributed by atoms with E-state index in [1.165, 1.54) is 0 Å². The quantitative estimate of drug-likeness (QED) is 0.640. The SMILES string of the molecule is C=C1C(=O)OC(c2ccccc2)(c2ccccc2)[C@H]1C(=O)OCC. The van der Waals surface area contributed by atoms with Crippen LogP contribution in [0.5, 0.6) is 0 Å². The number of ether oxygens (including phenoxy) is 2. The highest BCUT2D eigenvalue weighted by Crippen LogP contribution is 2.49. The Kier molecular flexibility index (Phi) is 4.21. The zero-order chi connectivity index (χ0) is 17.2. The van der Waals surface area contributed by atoms with Crippen LogP contribution < -0.4 is 0 Å². The molecule has 4 heteroatoms. The molecule has 0 radical (unpaired) electrons. The number of rotatable bonds is 4. The van der Waals surface area contributed by atoms with Gasteiger partial charge in [0.25, 0.3) is 0 Å². The molecule has 1 aliphatic heterocycles. The summed E-state index contributed by atoms with van der Waals surface area (Å²) in [6.07, 6.45) is 0. The molecule has 1 saturated heterocycles. The van der Waals surface area contributed by atoms with Gasteiger partial charge < -0.3 is 9.47 Å². The van der Waals surface area contributed by atoms with Crippen LogP contribution in [0, 0.1) is 5.92 Å². The first kappa shape index (κ1) is 16.0. The summed E-state index contributed by atoms with van der Waals surface area (Å²) in [6.45, 7) is 5.74. The molecule has 0 aromatic heterocycles. The number of carbonyl (C=O) groups excluding carboxylic acids is 2. The van der Waals surface area contributed by atoms with Gasteiger partial charge in [0.2, 0.25) is 0 Å². The minimum atomic E-state index is -1.26. The molecule has 1 atom stereocenters. The van der Waals surface area contributed by atoms with Crippen LogP contribution in [0.15, 0.2) is 72.8 Å². The van der Waals surface area contributed by atoms with Gasteiger partial charge >= 0.3 is 11.9 Å². The summed E-state index contributed by atoms with van der Waals surface area (Å²) in [5, 5.41) is 0. The van der Waals surface area contributed by atoms with E-state index in [4.69, 9.17) is 9.47 Å². The van der Waals surface area contributed by atoms with Crippen molar-refractivity contribution in [2.75, 3.05) is 6.61 Å². The maximum absolute atomic E-state index is 12.6. The first-order valence-corrected chi connectivity index (χ1v) is 7.81. The topological polar surface area (TPSA) is 52.6 Å². The molecular formula is C20H18O4. The fourth-order valence-corrected chi connectivity index (χ4v) is 3.16. The third kappa shape index (κ3) is 2.40. The Balaban J connectivity index is 2.26. The number of hydrogen-bond acceptors (Lipinski definition) is 4. The van der Waals surface area contributed by atoms with E-state index in [0.29, 0.717) is 11.1 Å². The average Bonchev–Trinajstić information content (AvgIpc) is 2.89. The summed E-state index contributed by atoms with van der Waals surface area (Å²) in [5.74, 6) is -2.02. The molecule has 0 unspecified atom stereocenters. The van der Waals surface area contributed by atoms with Crippen molar-refractivity contribution >= 4 is 11.9 Å². The summed E-state index contributed by atoms with van der Waals surface area (Å²) in [7, 11) is 0. The van der Waals surface area contributed by atoms with E-state index in [-0.39, 0.29) is 12.2 Å². The molecule has 1 heterocycles. The number of esters is 2. The highest BCUT2D eigenvalue weighted by molar-refractivity contribution is 6.00. The van der Waals surface area contributed by atoms with E-state index in [1.54, 1.807) is 6.92 Å². The minimum Gasteiger partial charge on any atom is -0.465 e. The Morgan fingerprint density at radius 2 is 1.58 bits per heavy atom. The number of carbonyl (C=O) groups is 2. The van der Waals surface area contributed by atoms with Crippen LogP contribution in [0.1, 0.15) is 18.1 Å². The molecule has 4 nitrogen and oxygen atoms in total. The van der Waals surface area contributed by atoms with Gasteiger partial charge in [-0.25, -0.2) is 4.79 Å². The first-order valence-electron chi connectivity index (χ1n) is 7.81. The monoisotopic (exact) mass is 322 g/mol. The second kappa shape index (κ2) is 6.32. The molecule has 122 valence electrons. The second-order valence-electron chi connectivity index (χ2n) is 5.57. The van der Waals surface area contributed by atoms with Gasteiger partial charge in [0.15, 0.2) is 5.60 Å². The van der Waals surface area contributed by atoms with E-state index < -0.39 is 23.5 Å². The van der Waals surface area contributed by atoms with Crippen molar-refractivity contribution in [2.24, 2.45) is 5.92 Å². The molecule has 0 saturated carbocycles. The predicted molar refractivity (Wildman–Crippen MR) is 89.0 cm³/mol. The molecule has 0 spiro atoms. The van der Waals surface area contributed by atoms with Crippen molar-refractivity contribution in [3.8, 4) is 0 Å². The fourth-order valence-electron chi connectivity index (χ4n) is 3.16. The Morgan fingerprint density at radius 3 is 2.04 bits per heavy atom. The van der Waals surface area contributed by atoms with E-state index in [1.807, 2.05) is 60.7 Å². The lowest BCUT2D eigenvalue weighted by Crippen LogP contribution is -2.39. The normalized spacial score (nSPS) is 19.0. The zero-order valence-electron chi connectivity index (χ0n) is 13.4. The van der Waals surface area contributed by atoms with Crippen LogP contribution in [0.25, 0.3) is 0 Å². The third-order valence-electron chi connectivity index (χ3n) is 4.20. The van der Waals surface area contributed by atoms with Gasteiger partial charge in [-0.05, 0) is 6.92 Å². The van der Waals surface area contributed by atoms with Crippen molar-refractivity contribution in [3.05, 3.63) is 83.9 Å². The lowest BCUT2D eigenvalue weighted by atomic mass is 9.75. The molecule has 0 amide bonds. The van der Waals surface area contributed by atoms with Crippen molar-refractivity contribution in [3.63, 3.8) is 0 Å². The highest BCUT2D eigenvalue weighted by atomic mass is 16.6. The summed E-state index contributed by atoms with van der Waals surface area (Å²) >= 11 is 0. The van der Waals surface area contributed by atoms with Crippen LogP contribution in [-0.4, -0.2) is 18.5 Å². The molecule has 0 bridgehead atoms. The number of cyclic esters (lactones) is 1. The van der Waals surface area contributed by atoms with Gasteiger partial charge in [0.1, 0.15) is 5.92 Å². The number of benzene rings is 2. The maximum Gasteiger partial charge on any atom is 0.335 e. The Hall–Kier alpha value is -2.88. The summed E-state index contributed by atoms with van der Waals surface area (Å²) < 4.78 is 11.0. The summed E-state index contributed by atoms with van der Waals surface area (Å²) in [4.78, 5) is 25.0. The van der Waals surface area contributed by atoms with Crippen LogP contribution in [-0.2, 0) is 24.7 Å². The van der Waals surface area contributed by atoms with Crippen LogP contribution in [0.2, 0.25) is 0 Å². The van der Waals surface area contributed by atoms with E-state index in [9.17, 15) is 9.59 Å². The molecule has 2 aromatic carbocycles. The molecule has 0 aliphatic carbocycles. The first-order chi connectivity index (χ1) is 11.6. The Labute approximate surface area is 140 Å². The molecular weight excluding hydrogens is 304 g/mol. The van der Waals surface area contributed by atoms with Crippen molar-refractivity contribution in [1.29, 1.82) is 0 Å². The summed E-state index contributed by atoms with van der Waals surface area (Å²) in [6, 6.07) is 18.5. The average molecular weight is 322 g/mol. The minimum absolute atomic E-state index is 0.112. The standard InChI is InChI=1S/C20H18O4/c1-3-23-19(22)17-14(2)18(21)24-20(17,15-10-6-4-7-11-15)16-12-8-5-9-13-16/h4-13,17H,2-3H2,1H3/t17-/m1/s1. The predicted octanol–water partition coefficient (Wildman–Crippen LogP) is 3.22. The number of hydrogen-bond donors (Lipinski definition) is 0. The third-order valence-corrected chi connectivity index (χ3v) is 4.20.